The smallest absolute Gasteiger partial charge is 0.303 e. The number of carboxylic acids is 1. The summed E-state index contributed by atoms with van der Waals surface area (Å²) in [4.78, 5) is 24.0. The van der Waals surface area contributed by atoms with E-state index in [9.17, 15) is 9.59 Å². The van der Waals surface area contributed by atoms with Gasteiger partial charge in [0.1, 0.15) is 0 Å². The van der Waals surface area contributed by atoms with Gasteiger partial charge in [0.25, 0.3) is 0 Å². The van der Waals surface area contributed by atoms with E-state index in [4.69, 9.17) is 5.11 Å². The predicted molar refractivity (Wildman–Crippen MR) is 54.9 cm³/mol. The first-order valence-electron chi connectivity index (χ1n) is 4.52. The van der Waals surface area contributed by atoms with Crippen molar-refractivity contribution in [3.63, 3.8) is 0 Å². The number of aliphatic imine (C=N–C) groups is 1. The van der Waals surface area contributed by atoms with Crippen molar-refractivity contribution in [3.8, 4) is 0 Å². The van der Waals surface area contributed by atoms with Crippen LogP contribution in [-0.4, -0.2) is 17.2 Å². The number of carbonyl (C=O) groups is 1. The third-order valence-corrected chi connectivity index (χ3v) is 2.07. The van der Waals surface area contributed by atoms with Crippen LogP contribution in [0.2, 0.25) is 0 Å². The lowest BCUT2D eigenvalue weighted by atomic mass is 10.1. The molecule has 1 rings (SSSR count). The molecule has 0 unspecified atom stereocenters. The molecule has 1 aromatic rings. The van der Waals surface area contributed by atoms with Crippen LogP contribution < -0.4 is 0 Å². The van der Waals surface area contributed by atoms with Crippen molar-refractivity contribution in [1.82, 2.24) is 0 Å². The third-order valence-electron chi connectivity index (χ3n) is 2.07. The Labute approximate surface area is 87.3 Å². The summed E-state index contributed by atoms with van der Waals surface area (Å²) < 4.78 is 0. The van der Waals surface area contributed by atoms with E-state index in [-0.39, 0.29) is 6.42 Å². The van der Waals surface area contributed by atoms with Gasteiger partial charge in [0, 0.05) is 6.42 Å². The van der Waals surface area contributed by atoms with Crippen LogP contribution in [-0.2, 0) is 16.0 Å². The summed E-state index contributed by atoms with van der Waals surface area (Å²) in [5.41, 5.74) is 2.28. The lowest BCUT2D eigenvalue weighted by Gasteiger charge is -2.02. The molecule has 0 radical (unpaired) electrons. The van der Waals surface area contributed by atoms with Crippen LogP contribution in [0.3, 0.4) is 0 Å². The summed E-state index contributed by atoms with van der Waals surface area (Å²) in [6, 6.07) is 5.36. The Morgan fingerprint density at radius 3 is 2.87 bits per heavy atom. The van der Waals surface area contributed by atoms with E-state index in [1.54, 1.807) is 6.07 Å². The predicted octanol–water partition coefficient (Wildman–Crippen LogP) is 1.98. The molecular formula is C11H11NO3. The number of carbonyl (C=O) groups excluding carboxylic acids is 1. The molecule has 4 nitrogen and oxygen atoms in total. The third kappa shape index (κ3) is 3.37. The number of nitrogens with zero attached hydrogens (tertiary/aromatic N) is 1. The molecule has 0 heterocycles. The number of carboxylic acid groups (broad SMARTS) is 1. The maximum Gasteiger partial charge on any atom is 0.303 e. The molecule has 0 spiro atoms. The number of isocyanates is 1. The highest BCUT2D eigenvalue weighted by atomic mass is 16.4. The maximum absolute atomic E-state index is 10.4. The highest BCUT2D eigenvalue weighted by molar-refractivity contribution is 5.67. The first-order chi connectivity index (χ1) is 7.13. The molecule has 0 saturated heterocycles. The summed E-state index contributed by atoms with van der Waals surface area (Å²) in [6.07, 6.45) is 1.99. The van der Waals surface area contributed by atoms with Crippen molar-refractivity contribution >= 4 is 17.7 Å². The van der Waals surface area contributed by atoms with Crippen molar-refractivity contribution < 1.29 is 14.7 Å². The number of aryl methyl sites for hydroxylation is 2. The summed E-state index contributed by atoms with van der Waals surface area (Å²) >= 11 is 0. The molecule has 0 aliphatic heterocycles. The van der Waals surface area contributed by atoms with Gasteiger partial charge in [0.15, 0.2) is 0 Å². The molecule has 15 heavy (non-hydrogen) atoms. The average Bonchev–Trinajstić information content (AvgIpc) is 2.19. The van der Waals surface area contributed by atoms with Gasteiger partial charge in [-0.3, -0.25) is 4.79 Å². The van der Waals surface area contributed by atoms with Crippen LogP contribution in [0.1, 0.15) is 17.5 Å². The highest BCUT2D eigenvalue weighted by Crippen LogP contribution is 2.20. The molecule has 78 valence electrons. The zero-order valence-electron chi connectivity index (χ0n) is 8.36. The first-order valence-corrected chi connectivity index (χ1v) is 4.52. The second-order valence-corrected chi connectivity index (χ2v) is 3.22. The van der Waals surface area contributed by atoms with Gasteiger partial charge in [0.05, 0.1) is 5.69 Å². The number of hydrogen-bond donors (Lipinski definition) is 1. The molecule has 1 aromatic carbocycles. The van der Waals surface area contributed by atoms with Gasteiger partial charge in [-0.25, -0.2) is 4.79 Å². The van der Waals surface area contributed by atoms with E-state index in [0.29, 0.717) is 12.1 Å². The van der Waals surface area contributed by atoms with Gasteiger partial charge in [-0.15, -0.1) is 0 Å². The molecule has 0 fully saturated rings. The van der Waals surface area contributed by atoms with E-state index < -0.39 is 5.97 Å². The van der Waals surface area contributed by atoms with Gasteiger partial charge in [-0.2, -0.15) is 4.99 Å². The van der Waals surface area contributed by atoms with Gasteiger partial charge in [0.2, 0.25) is 6.08 Å². The number of aliphatic carboxylic acids is 1. The molecule has 0 bridgehead atoms. The fraction of sp³-hybridized carbons (Fsp3) is 0.273. The Kier molecular flexibility index (Phi) is 3.77. The molecule has 0 atom stereocenters. The van der Waals surface area contributed by atoms with Crippen molar-refractivity contribution in [2.45, 2.75) is 19.8 Å². The van der Waals surface area contributed by atoms with Crippen LogP contribution in [0.5, 0.6) is 0 Å². The van der Waals surface area contributed by atoms with Crippen LogP contribution in [0.4, 0.5) is 5.69 Å². The normalized spacial score (nSPS) is 9.40. The van der Waals surface area contributed by atoms with Crippen LogP contribution in [0, 0.1) is 6.92 Å². The zero-order chi connectivity index (χ0) is 11.3. The van der Waals surface area contributed by atoms with Gasteiger partial charge < -0.3 is 5.11 Å². The lowest BCUT2D eigenvalue weighted by Crippen LogP contribution is -1.97. The van der Waals surface area contributed by atoms with E-state index in [1.165, 1.54) is 6.08 Å². The Morgan fingerprint density at radius 1 is 1.53 bits per heavy atom. The fourth-order valence-electron chi connectivity index (χ4n) is 1.23. The standard InChI is InChI=1S/C11H11NO3/c1-8-2-3-9(4-5-11(14)15)6-10(8)12-7-13/h2-3,6H,4-5H2,1H3,(H,14,15). The Morgan fingerprint density at radius 2 is 2.27 bits per heavy atom. The summed E-state index contributed by atoms with van der Waals surface area (Å²) in [7, 11) is 0. The zero-order valence-corrected chi connectivity index (χ0v) is 8.36. The lowest BCUT2D eigenvalue weighted by molar-refractivity contribution is -0.136. The van der Waals surface area contributed by atoms with Gasteiger partial charge in [-0.05, 0) is 30.5 Å². The van der Waals surface area contributed by atoms with Gasteiger partial charge in [-0.1, -0.05) is 12.1 Å². The molecule has 1 N–H and O–H groups in total. The van der Waals surface area contributed by atoms with Crippen LogP contribution >= 0.6 is 0 Å². The Hall–Kier alpha value is -1.93. The summed E-state index contributed by atoms with van der Waals surface area (Å²) in [5, 5.41) is 8.52. The van der Waals surface area contributed by atoms with Crippen molar-refractivity contribution in [1.29, 1.82) is 0 Å². The highest BCUT2D eigenvalue weighted by Gasteiger charge is 2.02. The average molecular weight is 205 g/mol. The minimum Gasteiger partial charge on any atom is -0.481 e. The topological polar surface area (TPSA) is 66.7 Å². The molecule has 0 aromatic heterocycles. The molecular weight excluding hydrogens is 194 g/mol. The molecule has 0 amide bonds. The molecule has 0 aliphatic carbocycles. The number of hydrogen-bond acceptors (Lipinski definition) is 3. The van der Waals surface area contributed by atoms with Crippen molar-refractivity contribution in [3.05, 3.63) is 29.3 Å². The Balaban J connectivity index is 2.87. The second kappa shape index (κ2) is 5.08. The van der Waals surface area contributed by atoms with Crippen molar-refractivity contribution in [2.75, 3.05) is 0 Å². The fourth-order valence-corrected chi connectivity index (χ4v) is 1.23. The van der Waals surface area contributed by atoms with E-state index in [2.05, 4.69) is 4.99 Å². The SMILES string of the molecule is Cc1ccc(CCC(=O)O)cc1N=C=O. The minimum atomic E-state index is -0.837. The monoisotopic (exact) mass is 205 g/mol. The first kappa shape index (κ1) is 11.1. The maximum atomic E-state index is 10.4. The Bertz CT molecular complexity index is 420. The minimum absolute atomic E-state index is 0.0767. The molecule has 0 saturated carbocycles. The quantitative estimate of drug-likeness (QED) is 0.603. The number of benzene rings is 1. The molecule has 0 aliphatic rings. The van der Waals surface area contributed by atoms with Gasteiger partial charge >= 0.3 is 5.97 Å². The molecule has 4 heteroatoms. The van der Waals surface area contributed by atoms with E-state index in [0.717, 1.165) is 11.1 Å². The number of rotatable bonds is 4. The van der Waals surface area contributed by atoms with Crippen LogP contribution in [0.15, 0.2) is 23.2 Å². The van der Waals surface area contributed by atoms with E-state index in [1.807, 2.05) is 19.1 Å². The van der Waals surface area contributed by atoms with Crippen LogP contribution in [0.25, 0.3) is 0 Å². The van der Waals surface area contributed by atoms with Crippen molar-refractivity contribution in [2.24, 2.45) is 4.99 Å². The summed E-state index contributed by atoms with van der Waals surface area (Å²) in [5.74, 6) is -0.837. The largest absolute Gasteiger partial charge is 0.481 e. The second-order valence-electron chi connectivity index (χ2n) is 3.22. The summed E-state index contributed by atoms with van der Waals surface area (Å²) in [6.45, 7) is 1.83. The van der Waals surface area contributed by atoms with E-state index >= 15 is 0 Å².